The fourth-order valence-electron chi connectivity index (χ4n) is 0.876. The van der Waals surface area contributed by atoms with Crippen LogP contribution in [0.2, 0.25) is 0 Å². The van der Waals surface area contributed by atoms with E-state index in [0.717, 1.165) is 5.82 Å². The first-order valence-electron chi connectivity index (χ1n) is 3.95. The topological polar surface area (TPSA) is 80.0 Å². The smallest absolute Gasteiger partial charge is 0.304 e. The fourth-order valence-corrected chi connectivity index (χ4v) is 0.876. The van der Waals surface area contributed by atoms with Gasteiger partial charge in [-0.3, -0.25) is 9.48 Å². The summed E-state index contributed by atoms with van der Waals surface area (Å²) in [5.41, 5.74) is 0. The van der Waals surface area contributed by atoms with Crippen molar-refractivity contribution in [3.05, 3.63) is 12.2 Å². The number of aromatic nitrogens is 3. The van der Waals surface area contributed by atoms with Crippen LogP contribution in [0.3, 0.4) is 0 Å². The highest BCUT2D eigenvalue weighted by Gasteiger charge is 2.00. The lowest BCUT2D eigenvalue weighted by Crippen LogP contribution is -2.19. The van der Waals surface area contributed by atoms with Gasteiger partial charge in [0.15, 0.2) is 0 Å². The normalized spacial score (nSPS) is 10.2. The van der Waals surface area contributed by atoms with Crippen LogP contribution in [0.1, 0.15) is 12.2 Å². The molecule has 0 aliphatic rings. The summed E-state index contributed by atoms with van der Waals surface area (Å²) < 4.78 is 1.65. The molecule has 0 saturated carbocycles. The molecule has 1 aromatic heterocycles. The van der Waals surface area contributed by atoms with Crippen molar-refractivity contribution in [2.45, 2.75) is 13.0 Å². The Hall–Kier alpha value is -1.43. The van der Waals surface area contributed by atoms with Crippen molar-refractivity contribution in [2.24, 2.45) is 7.05 Å². The van der Waals surface area contributed by atoms with Gasteiger partial charge in [0.05, 0.1) is 13.0 Å². The Morgan fingerprint density at radius 2 is 2.54 bits per heavy atom. The number of hydrogen-bond acceptors (Lipinski definition) is 4. The molecule has 6 heteroatoms. The van der Waals surface area contributed by atoms with Crippen molar-refractivity contribution >= 4 is 5.97 Å². The SMILES string of the molecule is Cn1ncnc1CNCCC(=O)O. The van der Waals surface area contributed by atoms with Gasteiger partial charge in [0.25, 0.3) is 0 Å². The minimum atomic E-state index is -0.800. The first kappa shape index (κ1) is 9.66. The van der Waals surface area contributed by atoms with Crippen LogP contribution >= 0.6 is 0 Å². The van der Waals surface area contributed by atoms with E-state index in [1.807, 2.05) is 0 Å². The second kappa shape index (κ2) is 4.56. The van der Waals surface area contributed by atoms with Gasteiger partial charge in [-0.2, -0.15) is 5.10 Å². The summed E-state index contributed by atoms with van der Waals surface area (Å²) in [7, 11) is 1.79. The molecule has 0 radical (unpaired) electrons. The number of nitrogens with zero attached hydrogens (tertiary/aromatic N) is 3. The summed E-state index contributed by atoms with van der Waals surface area (Å²) in [6.07, 6.45) is 1.59. The van der Waals surface area contributed by atoms with Crippen molar-refractivity contribution in [2.75, 3.05) is 6.54 Å². The number of aliphatic carboxylic acids is 1. The maximum atomic E-state index is 10.2. The van der Waals surface area contributed by atoms with Crippen LogP contribution in [-0.2, 0) is 18.4 Å². The van der Waals surface area contributed by atoms with Gasteiger partial charge in [-0.15, -0.1) is 0 Å². The third kappa shape index (κ3) is 3.20. The Bertz CT molecular complexity index is 284. The van der Waals surface area contributed by atoms with E-state index >= 15 is 0 Å². The lowest BCUT2D eigenvalue weighted by atomic mass is 10.4. The molecule has 6 nitrogen and oxygen atoms in total. The average Bonchev–Trinajstić information content (AvgIpc) is 2.45. The predicted octanol–water partition coefficient (Wildman–Crippen LogP) is -0.621. The molecule has 1 rings (SSSR count). The minimum Gasteiger partial charge on any atom is -0.481 e. The number of rotatable bonds is 5. The van der Waals surface area contributed by atoms with Crippen molar-refractivity contribution in [1.29, 1.82) is 0 Å². The Kier molecular flexibility index (Phi) is 3.39. The van der Waals surface area contributed by atoms with Crippen LogP contribution in [0.25, 0.3) is 0 Å². The first-order valence-corrected chi connectivity index (χ1v) is 3.95. The van der Waals surface area contributed by atoms with Crippen LogP contribution in [0.4, 0.5) is 0 Å². The molecule has 2 N–H and O–H groups in total. The highest BCUT2D eigenvalue weighted by molar-refractivity contribution is 5.66. The quantitative estimate of drug-likeness (QED) is 0.596. The van der Waals surface area contributed by atoms with Gasteiger partial charge in [-0.25, -0.2) is 4.98 Å². The number of carboxylic acids is 1. The molecule has 0 aliphatic carbocycles. The number of hydrogen-bond donors (Lipinski definition) is 2. The molecule has 0 saturated heterocycles. The van der Waals surface area contributed by atoms with Gasteiger partial charge in [0.1, 0.15) is 12.2 Å². The molecule has 0 bridgehead atoms. The molecular weight excluding hydrogens is 172 g/mol. The molecule has 0 amide bonds. The lowest BCUT2D eigenvalue weighted by molar-refractivity contribution is -0.136. The summed E-state index contributed by atoms with van der Waals surface area (Å²) in [6, 6.07) is 0. The Morgan fingerprint density at radius 3 is 3.08 bits per heavy atom. The van der Waals surface area contributed by atoms with E-state index in [1.54, 1.807) is 11.7 Å². The van der Waals surface area contributed by atoms with Crippen LogP contribution in [0.5, 0.6) is 0 Å². The van der Waals surface area contributed by atoms with Crippen molar-refractivity contribution < 1.29 is 9.90 Å². The first-order chi connectivity index (χ1) is 6.20. The van der Waals surface area contributed by atoms with E-state index in [4.69, 9.17) is 5.11 Å². The molecule has 0 aromatic carbocycles. The van der Waals surface area contributed by atoms with Crippen LogP contribution < -0.4 is 5.32 Å². The van der Waals surface area contributed by atoms with E-state index in [2.05, 4.69) is 15.4 Å². The predicted molar refractivity (Wildman–Crippen MR) is 45.0 cm³/mol. The second-order valence-electron chi connectivity index (χ2n) is 2.62. The zero-order valence-electron chi connectivity index (χ0n) is 7.40. The average molecular weight is 184 g/mol. The van der Waals surface area contributed by atoms with Gasteiger partial charge >= 0.3 is 5.97 Å². The Balaban J connectivity index is 2.20. The number of nitrogens with one attached hydrogen (secondary N) is 1. The van der Waals surface area contributed by atoms with Gasteiger partial charge in [-0.1, -0.05) is 0 Å². The molecule has 72 valence electrons. The largest absolute Gasteiger partial charge is 0.481 e. The minimum absolute atomic E-state index is 0.123. The van der Waals surface area contributed by atoms with Gasteiger partial charge < -0.3 is 10.4 Å². The van der Waals surface area contributed by atoms with E-state index < -0.39 is 5.97 Å². The monoisotopic (exact) mass is 184 g/mol. The highest BCUT2D eigenvalue weighted by Crippen LogP contribution is 1.88. The Labute approximate surface area is 75.6 Å². The summed E-state index contributed by atoms with van der Waals surface area (Å²) in [6.45, 7) is 0.992. The summed E-state index contributed by atoms with van der Waals surface area (Å²) in [4.78, 5) is 14.1. The Morgan fingerprint density at radius 1 is 1.77 bits per heavy atom. The van der Waals surface area contributed by atoms with E-state index in [0.29, 0.717) is 13.1 Å². The zero-order chi connectivity index (χ0) is 9.68. The molecule has 0 atom stereocenters. The molecule has 0 aliphatic heterocycles. The van der Waals surface area contributed by atoms with Gasteiger partial charge in [0.2, 0.25) is 0 Å². The molecule has 0 unspecified atom stereocenters. The number of aryl methyl sites for hydroxylation is 1. The molecular formula is C7H12N4O2. The molecule has 1 aromatic rings. The highest BCUT2D eigenvalue weighted by atomic mass is 16.4. The summed E-state index contributed by atoms with van der Waals surface area (Å²) >= 11 is 0. The summed E-state index contributed by atoms with van der Waals surface area (Å²) in [5.74, 6) is -0.00384. The zero-order valence-corrected chi connectivity index (χ0v) is 7.40. The van der Waals surface area contributed by atoms with Crippen molar-refractivity contribution in [3.63, 3.8) is 0 Å². The molecule has 0 spiro atoms. The fraction of sp³-hybridized carbons (Fsp3) is 0.571. The third-order valence-corrected chi connectivity index (χ3v) is 1.60. The standard InChI is InChI=1S/C7H12N4O2/c1-11-6(9-5-10-11)4-8-3-2-7(12)13/h5,8H,2-4H2,1H3,(H,12,13). The van der Waals surface area contributed by atoms with E-state index in [-0.39, 0.29) is 6.42 Å². The maximum Gasteiger partial charge on any atom is 0.304 e. The number of carbonyl (C=O) groups is 1. The summed E-state index contributed by atoms with van der Waals surface area (Å²) in [5, 5.41) is 15.2. The lowest BCUT2D eigenvalue weighted by Gasteiger charge is -2.01. The van der Waals surface area contributed by atoms with Crippen LogP contribution in [0.15, 0.2) is 6.33 Å². The van der Waals surface area contributed by atoms with Crippen molar-refractivity contribution in [3.8, 4) is 0 Å². The molecule has 1 heterocycles. The molecule has 0 fully saturated rings. The molecule has 13 heavy (non-hydrogen) atoms. The van der Waals surface area contributed by atoms with Crippen LogP contribution in [0, 0.1) is 0 Å². The van der Waals surface area contributed by atoms with E-state index in [9.17, 15) is 4.79 Å². The third-order valence-electron chi connectivity index (χ3n) is 1.60. The van der Waals surface area contributed by atoms with Gasteiger partial charge in [-0.05, 0) is 0 Å². The van der Waals surface area contributed by atoms with Crippen molar-refractivity contribution in [1.82, 2.24) is 20.1 Å². The van der Waals surface area contributed by atoms with E-state index in [1.165, 1.54) is 6.33 Å². The second-order valence-corrected chi connectivity index (χ2v) is 2.62. The van der Waals surface area contributed by atoms with Gasteiger partial charge in [0, 0.05) is 13.6 Å². The number of carboxylic acid groups (broad SMARTS) is 1. The van der Waals surface area contributed by atoms with Crippen LogP contribution in [-0.4, -0.2) is 32.4 Å². The maximum absolute atomic E-state index is 10.2.